The van der Waals surface area contributed by atoms with Gasteiger partial charge in [-0.2, -0.15) is 0 Å². The van der Waals surface area contributed by atoms with E-state index in [4.69, 9.17) is 18.9 Å². The van der Waals surface area contributed by atoms with Gasteiger partial charge in [-0.15, -0.1) is 0 Å². The summed E-state index contributed by atoms with van der Waals surface area (Å²) in [5, 5.41) is 1.88. The second-order valence-electron chi connectivity index (χ2n) is 6.27. The van der Waals surface area contributed by atoms with E-state index in [1.54, 1.807) is 0 Å². The first kappa shape index (κ1) is 20.2. The molecule has 4 heteroatoms. The van der Waals surface area contributed by atoms with Crippen LogP contribution in [-0.2, 0) is 0 Å². The van der Waals surface area contributed by atoms with Gasteiger partial charge in [0.1, 0.15) is 23.0 Å². The molecular formula is C22H32O4. The van der Waals surface area contributed by atoms with Gasteiger partial charge in [0.15, 0.2) is 0 Å². The summed E-state index contributed by atoms with van der Waals surface area (Å²) in [6, 6.07) is 7.91. The normalized spacial score (nSPS) is 10.8. The summed E-state index contributed by atoms with van der Waals surface area (Å²) in [7, 11) is 0. The molecule has 0 N–H and O–H groups in total. The number of rotatable bonds is 12. The standard InChI is InChI=1S/C22H32O4/c1-5-13-23-17-9-10-19(25-15-7-3)22-20(26-16-8-4)12-11-18(21(17)22)24-14-6-2/h9-12H,5-8,13-16H2,1-4H3. The maximum absolute atomic E-state index is 6.02. The first-order valence-electron chi connectivity index (χ1n) is 9.87. The van der Waals surface area contributed by atoms with Crippen LogP contribution >= 0.6 is 0 Å². The lowest BCUT2D eigenvalue weighted by Crippen LogP contribution is -2.04. The first-order valence-corrected chi connectivity index (χ1v) is 9.87. The van der Waals surface area contributed by atoms with Gasteiger partial charge in [-0.1, -0.05) is 27.7 Å². The van der Waals surface area contributed by atoms with Crippen LogP contribution in [-0.4, -0.2) is 26.4 Å². The summed E-state index contributed by atoms with van der Waals surface area (Å²) < 4.78 is 24.1. The van der Waals surface area contributed by atoms with Crippen molar-refractivity contribution in [2.45, 2.75) is 53.4 Å². The molecule has 0 amide bonds. The molecule has 4 nitrogen and oxygen atoms in total. The van der Waals surface area contributed by atoms with Gasteiger partial charge >= 0.3 is 0 Å². The van der Waals surface area contributed by atoms with E-state index in [-0.39, 0.29) is 0 Å². The third kappa shape index (κ3) is 4.96. The molecule has 0 aliphatic heterocycles. The topological polar surface area (TPSA) is 36.9 Å². The number of fused-ring (bicyclic) bond motifs is 1. The average molecular weight is 360 g/mol. The Morgan fingerprint density at radius 2 is 0.692 bits per heavy atom. The molecule has 0 atom stereocenters. The Bertz CT molecular complexity index is 568. The SMILES string of the molecule is CCCOc1ccc(OCCC)c2c(OCCC)ccc(OCCC)c12. The van der Waals surface area contributed by atoms with Crippen LogP contribution < -0.4 is 18.9 Å². The molecule has 0 spiro atoms. The Hall–Kier alpha value is -2.10. The van der Waals surface area contributed by atoms with Crippen molar-refractivity contribution in [1.82, 2.24) is 0 Å². The molecule has 0 heterocycles. The minimum atomic E-state index is 0.664. The van der Waals surface area contributed by atoms with E-state index in [1.165, 1.54) is 0 Å². The average Bonchev–Trinajstić information content (AvgIpc) is 2.67. The van der Waals surface area contributed by atoms with E-state index in [1.807, 2.05) is 24.3 Å². The van der Waals surface area contributed by atoms with Gasteiger partial charge in [0, 0.05) is 0 Å². The number of hydrogen-bond acceptors (Lipinski definition) is 4. The van der Waals surface area contributed by atoms with Crippen molar-refractivity contribution in [2.24, 2.45) is 0 Å². The molecule has 144 valence electrons. The van der Waals surface area contributed by atoms with Crippen molar-refractivity contribution in [2.75, 3.05) is 26.4 Å². The fraction of sp³-hybridized carbons (Fsp3) is 0.545. The summed E-state index contributed by atoms with van der Waals surface area (Å²) >= 11 is 0. The lowest BCUT2D eigenvalue weighted by atomic mass is 10.1. The molecule has 2 aromatic carbocycles. The van der Waals surface area contributed by atoms with Gasteiger partial charge < -0.3 is 18.9 Å². The highest BCUT2D eigenvalue weighted by atomic mass is 16.5. The van der Waals surface area contributed by atoms with Crippen molar-refractivity contribution in [1.29, 1.82) is 0 Å². The van der Waals surface area contributed by atoms with Crippen LogP contribution in [0.15, 0.2) is 24.3 Å². The Morgan fingerprint density at radius 3 is 0.885 bits per heavy atom. The molecule has 26 heavy (non-hydrogen) atoms. The summed E-state index contributed by atoms with van der Waals surface area (Å²) in [5.74, 6) is 3.27. The summed E-state index contributed by atoms with van der Waals surface area (Å²) in [5.41, 5.74) is 0. The van der Waals surface area contributed by atoms with Crippen molar-refractivity contribution in [3.8, 4) is 23.0 Å². The van der Waals surface area contributed by atoms with Crippen molar-refractivity contribution >= 4 is 10.8 Å². The van der Waals surface area contributed by atoms with Crippen LogP contribution in [0.25, 0.3) is 10.8 Å². The van der Waals surface area contributed by atoms with Gasteiger partial charge in [-0.25, -0.2) is 0 Å². The zero-order valence-electron chi connectivity index (χ0n) is 16.6. The molecule has 0 aliphatic rings. The van der Waals surface area contributed by atoms with E-state index in [9.17, 15) is 0 Å². The maximum atomic E-state index is 6.02. The Labute approximate surface area is 157 Å². The fourth-order valence-electron chi connectivity index (χ4n) is 2.70. The number of ether oxygens (including phenoxy) is 4. The molecule has 0 fully saturated rings. The highest BCUT2D eigenvalue weighted by molar-refractivity contribution is 6.02. The summed E-state index contributed by atoms with van der Waals surface area (Å²) in [4.78, 5) is 0. The predicted molar refractivity (Wildman–Crippen MR) is 107 cm³/mol. The molecule has 0 saturated carbocycles. The molecule has 2 rings (SSSR count). The molecular weight excluding hydrogens is 328 g/mol. The van der Waals surface area contributed by atoms with E-state index in [0.29, 0.717) is 26.4 Å². The van der Waals surface area contributed by atoms with E-state index < -0.39 is 0 Å². The molecule has 0 radical (unpaired) electrons. The van der Waals surface area contributed by atoms with Crippen molar-refractivity contribution in [3.63, 3.8) is 0 Å². The number of benzene rings is 2. The van der Waals surface area contributed by atoms with Crippen LogP contribution in [0.2, 0.25) is 0 Å². The van der Waals surface area contributed by atoms with Crippen LogP contribution in [0.5, 0.6) is 23.0 Å². The molecule has 2 aromatic rings. The van der Waals surface area contributed by atoms with Crippen LogP contribution in [0.3, 0.4) is 0 Å². The van der Waals surface area contributed by atoms with Crippen LogP contribution in [0.1, 0.15) is 53.4 Å². The second-order valence-corrected chi connectivity index (χ2v) is 6.27. The molecule has 0 aliphatic carbocycles. The first-order chi connectivity index (χ1) is 12.8. The number of hydrogen-bond donors (Lipinski definition) is 0. The van der Waals surface area contributed by atoms with E-state index >= 15 is 0 Å². The zero-order chi connectivity index (χ0) is 18.8. The summed E-state index contributed by atoms with van der Waals surface area (Å²) in [6.07, 6.45) is 3.80. The smallest absolute Gasteiger partial charge is 0.131 e. The van der Waals surface area contributed by atoms with Gasteiger partial charge in [-0.3, -0.25) is 0 Å². The maximum Gasteiger partial charge on any atom is 0.131 e. The lowest BCUT2D eigenvalue weighted by Gasteiger charge is -2.19. The minimum absolute atomic E-state index is 0.664. The lowest BCUT2D eigenvalue weighted by molar-refractivity contribution is 0.300. The van der Waals surface area contributed by atoms with Gasteiger partial charge in [0.25, 0.3) is 0 Å². The quantitative estimate of drug-likeness (QED) is 0.465. The third-order valence-corrected chi connectivity index (χ3v) is 3.85. The monoisotopic (exact) mass is 360 g/mol. The van der Waals surface area contributed by atoms with Gasteiger partial charge in [0.05, 0.1) is 37.2 Å². The minimum Gasteiger partial charge on any atom is -0.493 e. The van der Waals surface area contributed by atoms with E-state index in [0.717, 1.165) is 59.5 Å². The molecule has 0 bridgehead atoms. The highest BCUT2D eigenvalue weighted by Crippen LogP contribution is 2.44. The fourth-order valence-corrected chi connectivity index (χ4v) is 2.70. The summed E-state index contributed by atoms with van der Waals surface area (Å²) in [6.45, 7) is 11.1. The Morgan fingerprint density at radius 1 is 0.462 bits per heavy atom. The Balaban J connectivity index is 2.62. The third-order valence-electron chi connectivity index (χ3n) is 3.85. The van der Waals surface area contributed by atoms with E-state index in [2.05, 4.69) is 27.7 Å². The van der Waals surface area contributed by atoms with Crippen LogP contribution in [0.4, 0.5) is 0 Å². The van der Waals surface area contributed by atoms with Gasteiger partial charge in [0.2, 0.25) is 0 Å². The molecule has 0 saturated heterocycles. The van der Waals surface area contributed by atoms with Gasteiger partial charge in [-0.05, 0) is 49.9 Å². The molecule has 0 unspecified atom stereocenters. The van der Waals surface area contributed by atoms with Crippen LogP contribution in [0, 0.1) is 0 Å². The zero-order valence-corrected chi connectivity index (χ0v) is 16.6. The Kier molecular flexibility index (Phi) is 8.39. The van der Waals surface area contributed by atoms with Crippen molar-refractivity contribution < 1.29 is 18.9 Å². The predicted octanol–water partition coefficient (Wildman–Crippen LogP) is 6.00. The highest BCUT2D eigenvalue weighted by Gasteiger charge is 2.18. The largest absolute Gasteiger partial charge is 0.493 e. The second kappa shape index (κ2) is 10.8. The molecule has 0 aromatic heterocycles. The van der Waals surface area contributed by atoms with Crippen molar-refractivity contribution in [3.05, 3.63) is 24.3 Å².